The van der Waals surface area contributed by atoms with E-state index >= 15 is 0 Å². The van der Waals surface area contributed by atoms with E-state index in [2.05, 4.69) is 36.1 Å². The molecule has 0 aromatic rings. The van der Waals surface area contributed by atoms with Crippen molar-refractivity contribution in [2.45, 2.75) is 24.8 Å². The first kappa shape index (κ1) is 15.4. The molecule has 0 radical (unpaired) electrons. The van der Waals surface area contributed by atoms with Crippen LogP contribution < -0.4 is 0 Å². The predicted octanol–water partition coefficient (Wildman–Crippen LogP) is 2.34. The van der Waals surface area contributed by atoms with Gasteiger partial charge in [0.15, 0.2) is 10.7 Å². The standard InChI is InChI=1S/C10H20N4S2.ClH/c1-12(2)9-11-10(16-15-9)14-8-6-4-5-7-13(14)3;/h9H,4-8H2,1-3H3;1H. The topological polar surface area (TPSA) is 22.1 Å². The molecule has 2 rings (SSSR count). The lowest BCUT2D eigenvalue weighted by Crippen LogP contribution is -2.42. The maximum Gasteiger partial charge on any atom is 0.187 e. The first-order chi connectivity index (χ1) is 7.68. The van der Waals surface area contributed by atoms with Gasteiger partial charge in [-0.1, -0.05) is 6.42 Å². The fourth-order valence-corrected chi connectivity index (χ4v) is 4.41. The summed E-state index contributed by atoms with van der Waals surface area (Å²) in [4.78, 5) is 6.91. The van der Waals surface area contributed by atoms with Gasteiger partial charge in [-0.25, -0.2) is 10.0 Å². The minimum Gasteiger partial charge on any atom is -0.284 e. The molecule has 0 bridgehead atoms. The molecule has 100 valence electrons. The second kappa shape index (κ2) is 7.09. The summed E-state index contributed by atoms with van der Waals surface area (Å²) in [5.41, 5.74) is 0.275. The Morgan fingerprint density at radius 2 is 1.94 bits per heavy atom. The molecule has 0 N–H and O–H groups in total. The molecule has 0 aromatic carbocycles. The molecule has 0 aliphatic carbocycles. The molecule has 2 aliphatic rings. The van der Waals surface area contributed by atoms with E-state index in [-0.39, 0.29) is 17.9 Å². The smallest absolute Gasteiger partial charge is 0.187 e. The van der Waals surface area contributed by atoms with Gasteiger partial charge in [0.1, 0.15) is 0 Å². The highest BCUT2D eigenvalue weighted by Gasteiger charge is 2.27. The van der Waals surface area contributed by atoms with E-state index in [1.165, 1.54) is 24.4 Å². The second-order valence-corrected chi connectivity index (χ2v) is 6.67. The van der Waals surface area contributed by atoms with Crippen LogP contribution in [0.1, 0.15) is 19.3 Å². The maximum absolute atomic E-state index is 4.76. The van der Waals surface area contributed by atoms with E-state index in [1.54, 1.807) is 0 Å². The largest absolute Gasteiger partial charge is 0.284 e. The zero-order valence-corrected chi connectivity index (χ0v) is 13.1. The Labute approximate surface area is 118 Å². The van der Waals surface area contributed by atoms with Crippen molar-refractivity contribution in [3.63, 3.8) is 0 Å². The molecule has 4 nitrogen and oxygen atoms in total. The summed E-state index contributed by atoms with van der Waals surface area (Å²) < 4.78 is 0. The van der Waals surface area contributed by atoms with Gasteiger partial charge < -0.3 is 0 Å². The lowest BCUT2D eigenvalue weighted by Gasteiger charge is -2.30. The zero-order valence-electron chi connectivity index (χ0n) is 10.6. The highest BCUT2D eigenvalue weighted by molar-refractivity contribution is 8.82. The Bertz CT molecular complexity index is 275. The van der Waals surface area contributed by atoms with Crippen molar-refractivity contribution < 1.29 is 0 Å². The van der Waals surface area contributed by atoms with Crippen molar-refractivity contribution >= 4 is 39.2 Å². The summed E-state index contributed by atoms with van der Waals surface area (Å²) in [6, 6.07) is 0. The lowest BCUT2D eigenvalue weighted by atomic mass is 10.2. The van der Waals surface area contributed by atoms with Gasteiger partial charge >= 0.3 is 0 Å². The summed E-state index contributed by atoms with van der Waals surface area (Å²) in [6.07, 6.45) is 3.92. The molecule has 1 fully saturated rings. The molecule has 0 aromatic heterocycles. The molecule has 0 spiro atoms. The number of halogens is 1. The summed E-state index contributed by atoms with van der Waals surface area (Å²) in [7, 11) is 9.97. The number of hydrazine groups is 1. The van der Waals surface area contributed by atoms with Crippen LogP contribution in [0.25, 0.3) is 0 Å². The van der Waals surface area contributed by atoms with Crippen LogP contribution in [0, 0.1) is 0 Å². The quantitative estimate of drug-likeness (QED) is 0.691. The minimum atomic E-state index is 0. The van der Waals surface area contributed by atoms with Crippen molar-refractivity contribution in [2.24, 2.45) is 4.99 Å². The molecule has 1 atom stereocenters. The van der Waals surface area contributed by atoms with Crippen molar-refractivity contribution in [3.05, 3.63) is 0 Å². The zero-order chi connectivity index (χ0) is 11.5. The van der Waals surface area contributed by atoms with Gasteiger partial charge in [0.05, 0.1) is 0 Å². The van der Waals surface area contributed by atoms with E-state index in [4.69, 9.17) is 4.99 Å². The van der Waals surface area contributed by atoms with Gasteiger partial charge in [-0.05, 0) is 48.5 Å². The van der Waals surface area contributed by atoms with Gasteiger partial charge in [0.25, 0.3) is 0 Å². The van der Waals surface area contributed by atoms with E-state index in [1.807, 2.05) is 21.6 Å². The summed E-state index contributed by atoms with van der Waals surface area (Å²) >= 11 is 0. The average molecular weight is 297 g/mol. The SMILES string of the molecule is CN(C)C1N=C(N2CCCCCN2C)SS1.Cl. The third kappa shape index (κ3) is 3.92. The molecule has 1 saturated heterocycles. The molecule has 1 unspecified atom stereocenters. The molecule has 7 heteroatoms. The van der Waals surface area contributed by atoms with Crippen molar-refractivity contribution in [1.29, 1.82) is 0 Å². The molecular weight excluding hydrogens is 276 g/mol. The van der Waals surface area contributed by atoms with Crippen molar-refractivity contribution in [3.8, 4) is 0 Å². The fraction of sp³-hybridized carbons (Fsp3) is 0.900. The second-order valence-electron chi connectivity index (χ2n) is 4.45. The van der Waals surface area contributed by atoms with E-state index in [0.29, 0.717) is 0 Å². The molecule has 2 heterocycles. The number of hydrogen-bond acceptors (Lipinski definition) is 6. The van der Waals surface area contributed by atoms with Crippen LogP contribution >= 0.6 is 34.0 Å². The van der Waals surface area contributed by atoms with Crippen LogP contribution in [0.3, 0.4) is 0 Å². The van der Waals surface area contributed by atoms with Crippen molar-refractivity contribution in [2.75, 3.05) is 34.2 Å². The third-order valence-corrected chi connectivity index (χ3v) is 5.37. The summed E-state index contributed by atoms with van der Waals surface area (Å²) in [6.45, 7) is 2.26. The van der Waals surface area contributed by atoms with E-state index in [0.717, 1.165) is 13.1 Å². The summed E-state index contributed by atoms with van der Waals surface area (Å²) in [5, 5.41) is 5.83. The number of nitrogens with zero attached hydrogens (tertiary/aromatic N) is 4. The van der Waals surface area contributed by atoms with E-state index in [9.17, 15) is 0 Å². The number of aliphatic imine (C=N–C) groups is 1. The lowest BCUT2D eigenvalue weighted by molar-refractivity contribution is 0.0927. The van der Waals surface area contributed by atoms with Gasteiger partial charge in [-0.2, -0.15) is 0 Å². The Morgan fingerprint density at radius 3 is 2.59 bits per heavy atom. The van der Waals surface area contributed by atoms with Gasteiger partial charge in [0, 0.05) is 20.1 Å². The van der Waals surface area contributed by atoms with Gasteiger partial charge in [-0.15, -0.1) is 12.4 Å². The Kier molecular flexibility index (Phi) is 6.44. The van der Waals surface area contributed by atoms with Gasteiger partial charge in [-0.3, -0.25) is 9.91 Å². The molecule has 17 heavy (non-hydrogen) atoms. The highest BCUT2D eigenvalue weighted by atomic mass is 35.5. The molecular formula is C10H21ClN4S2. The predicted molar refractivity (Wildman–Crippen MR) is 80.5 cm³/mol. The van der Waals surface area contributed by atoms with Crippen LogP contribution in [-0.4, -0.2) is 59.8 Å². The molecule has 0 saturated carbocycles. The number of rotatable bonds is 1. The van der Waals surface area contributed by atoms with Crippen LogP contribution in [-0.2, 0) is 0 Å². The minimum absolute atomic E-state index is 0. The highest BCUT2D eigenvalue weighted by Crippen LogP contribution is 2.38. The van der Waals surface area contributed by atoms with Crippen molar-refractivity contribution in [1.82, 2.24) is 14.9 Å². The maximum atomic E-state index is 4.76. The monoisotopic (exact) mass is 296 g/mol. The van der Waals surface area contributed by atoms with Crippen LogP contribution in [0.2, 0.25) is 0 Å². The number of amidine groups is 1. The normalized spacial score (nSPS) is 26.7. The fourth-order valence-electron chi connectivity index (χ4n) is 1.85. The summed E-state index contributed by atoms with van der Waals surface area (Å²) in [5.74, 6) is 0. The molecule has 2 aliphatic heterocycles. The molecule has 0 amide bonds. The number of hydrogen-bond donors (Lipinski definition) is 0. The average Bonchev–Trinajstić information content (AvgIpc) is 2.63. The Hall–Kier alpha value is 0.380. The van der Waals surface area contributed by atoms with Crippen LogP contribution in [0.15, 0.2) is 4.99 Å². The van der Waals surface area contributed by atoms with Crippen LogP contribution in [0.4, 0.5) is 0 Å². The van der Waals surface area contributed by atoms with E-state index < -0.39 is 0 Å². The third-order valence-electron chi connectivity index (χ3n) is 2.86. The Balaban J connectivity index is 0.00000144. The van der Waals surface area contributed by atoms with Crippen LogP contribution in [0.5, 0.6) is 0 Å². The first-order valence-electron chi connectivity index (χ1n) is 5.74. The first-order valence-corrected chi connectivity index (χ1v) is 7.96. The van der Waals surface area contributed by atoms with Gasteiger partial charge in [0.2, 0.25) is 0 Å². The Morgan fingerprint density at radius 1 is 1.24 bits per heavy atom.